The minimum Gasteiger partial charge on any atom is -0.144 e. The van der Waals surface area contributed by atoms with E-state index in [-0.39, 0.29) is 0 Å². The van der Waals surface area contributed by atoms with Gasteiger partial charge in [0.25, 0.3) is 0 Å². The number of halogens is 1. The molecule has 1 aromatic rings. The van der Waals surface area contributed by atoms with Gasteiger partial charge in [0.05, 0.1) is 0 Å². The predicted octanol–water partition coefficient (Wildman–Crippen LogP) is 5.77. The molecule has 1 heterocycles. The van der Waals surface area contributed by atoms with Crippen LogP contribution in [0.1, 0.15) is 58.7 Å². The lowest BCUT2D eigenvalue weighted by molar-refractivity contribution is 0.483. The van der Waals surface area contributed by atoms with Crippen molar-refractivity contribution < 1.29 is 0 Å². The fourth-order valence-corrected chi connectivity index (χ4v) is 4.74. The van der Waals surface area contributed by atoms with Gasteiger partial charge >= 0.3 is 0 Å². The highest BCUT2D eigenvalue weighted by atomic mass is 79.9. The van der Waals surface area contributed by atoms with Gasteiger partial charge in [-0.1, -0.05) is 41.6 Å². The minimum absolute atomic E-state index is 0.590. The molecule has 1 aromatic heterocycles. The second-order valence-electron chi connectivity index (χ2n) is 5.10. The van der Waals surface area contributed by atoms with Crippen LogP contribution >= 0.6 is 27.3 Å². The van der Waals surface area contributed by atoms with E-state index in [2.05, 4.69) is 35.8 Å². The molecule has 0 amide bonds. The van der Waals surface area contributed by atoms with Gasteiger partial charge in [0.1, 0.15) is 0 Å². The van der Waals surface area contributed by atoms with Gasteiger partial charge in [-0.15, -0.1) is 11.3 Å². The zero-order valence-corrected chi connectivity index (χ0v) is 12.7. The maximum absolute atomic E-state index is 3.87. The van der Waals surface area contributed by atoms with Gasteiger partial charge in [0.2, 0.25) is 0 Å². The number of hydrogen-bond donors (Lipinski definition) is 0. The number of alkyl halides is 1. The predicted molar refractivity (Wildman–Crippen MR) is 76.7 cm³/mol. The first-order chi connectivity index (χ1) is 7.66. The quantitative estimate of drug-likeness (QED) is 0.619. The molecule has 0 bridgehead atoms. The molecule has 0 spiro atoms. The van der Waals surface area contributed by atoms with Crippen LogP contribution in [0.25, 0.3) is 0 Å². The molecule has 90 valence electrons. The van der Waals surface area contributed by atoms with E-state index in [1.165, 1.54) is 49.0 Å². The van der Waals surface area contributed by atoms with E-state index in [0.29, 0.717) is 4.83 Å². The Morgan fingerprint density at radius 1 is 1.38 bits per heavy atom. The minimum atomic E-state index is 0.590. The van der Waals surface area contributed by atoms with Gasteiger partial charge in [0, 0.05) is 14.6 Å². The number of thiophene rings is 1. The van der Waals surface area contributed by atoms with Crippen LogP contribution in [0.2, 0.25) is 0 Å². The Balaban J connectivity index is 1.87. The van der Waals surface area contributed by atoms with Gasteiger partial charge in [-0.25, -0.2) is 0 Å². The highest BCUT2D eigenvalue weighted by molar-refractivity contribution is 9.09. The standard InChI is InChI=1S/C14H21BrS/c1-10-9-11(2)16-14(10)13(15)8-7-12-5-3-4-6-12/h9,12-13H,3-8H2,1-2H3. The van der Waals surface area contributed by atoms with Crippen molar-refractivity contribution in [1.82, 2.24) is 0 Å². The third-order valence-corrected chi connectivity index (χ3v) is 6.15. The summed E-state index contributed by atoms with van der Waals surface area (Å²) in [7, 11) is 0. The van der Waals surface area contributed by atoms with Crippen molar-refractivity contribution in [3.63, 3.8) is 0 Å². The summed E-state index contributed by atoms with van der Waals surface area (Å²) in [6.45, 7) is 4.44. The molecule has 1 saturated carbocycles. The molecular weight excluding hydrogens is 280 g/mol. The van der Waals surface area contributed by atoms with Crippen molar-refractivity contribution in [2.45, 2.75) is 57.2 Å². The molecule has 0 nitrogen and oxygen atoms in total. The fraction of sp³-hybridized carbons (Fsp3) is 0.714. The lowest BCUT2D eigenvalue weighted by Gasteiger charge is -2.13. The maximum atomic E-state index is 3.87. The number of hydrogen-bond acceptors (Lipinski definition) is 1. The molecule has 1 fully saturated rings. The molecule has 2 rings (SSSR count). The molecule has 1 unspecified atom stereocenters. The Morgan fingerprint density at radius 2 is 2.06 bits per heavy atom. The molecule has 0 radical (unpaired) electrons. The third-order valence-electron chi connectivity index (χ3n) is 3.67. The van der Waals surface area contributed by atoms with Gasteiger partial charge in [-0.05, 0) is 44.2 Å². The van der Waals surface area contributed by atoms with Crippen LogP contribution in [0.3, 0.4) is 0 Å². The average molecular weight is 301 g/mol. The number of aryl methyl sites for hydroxylation is 2. The molecule has 0 N–H and O–H groups in total. The van der Waals surface area contributed by atoms with Gasteiger partial charge in [-0.3, -0.25) is 0 Å². The van der Waals surface area contributed by atoms with E-state index >= 15 is 0 Å². The molecule has 0 aromatic carbocycles. The monoisotopic (exact) mass is 300 g/mol. The first kappa shape index (κ1) is 12.6. The normalized spacial score (nSPS) is 19.2. The van der Waals surface area contributed by atoms with Crippen LogP contribution in [0.15, 0.2) is 6.07 Å². The van der Waals surface area contributed by atoms with E-state index < -0.39 is 0 Å². The van der Waals surface area contributed by atoms with Crippen LogP contribution in [-0.2, 0) is 0 Å². The topological polar surface area (TPSA) is 0 Å². The largest absolute Gasteiger partial charge is 0.144 e. The Labute approximate surface area is 112 Å². The molecule has 1 aliphatic carbocycles. The maximum Gasteiger partial charge on any atom is 0.0492 e. The van der Waals surface area contributed by atoms with Crippen LogP contribution < -0.4 is 0 Å². The zero-order chi connectivity index (χ0) is 11.5. The van der Waals surface area contributed by atoms with E-state index in [1.54, 1.807) is 4.88 Å². The fourth-order valence-electron chi connectivity index (χ4n) is 2.78. The molecule has 0 saturated heterocycles. The van der Waals surface area contributed by atoms with E-state index in [1.807, 2.05) is 11.3 Å². The first-order valence-electron chi connectivity index (χ1n) is 6.38. The second kappa shape index (κ2) is 5.68. The highest BCUT2D eigenvalue weighted by Crippen LogP contribution is 2.38. The molecule has 1 atom stereocenters. The summed E-state index contributed by atoms with van der Waals surface area (Å²) in [6.07, 6.45) is 8.60. The van der Waals surface area contributed by atoms with Crippen molar-refractivity contribution in [1.29, 1.82) is 0 Å². The second-order valence-corrected chi connectivity index (χ2v) is 7.49. The van der Waals surface area contributed by atoms with E-state index in [4.69, 9.17) is 0 Å². The smallest absolute Gasteiger partial charge is 0.0492 e. The summed E-state index contributed by atoms with van der Waals surface area (Å²) in [4.78, 5) is 3.58. The van der Waals surface area contributed by atoms with Crippen molar-refractivity contribution in [2.75, 3.05) is 0 Å². The van der Waals surface area contributed by atoms with Crippen molar-refractivity contribution in [3.8, 4) is 0 Å². The summed E-state index contributed by atoms with van der Waals surface area (Å²) in [5.41, 5.74) is 1.47. The highest BCUT2D eigenvalue weighted by Gasteiger charge is 2.18. The van der Waals surface area contributed by atoms with Crippen molar-refractivity contribution in [2.24, 2.45) is 5.92 Å². The Morgan fingerprint density at radius 3 is 2.62 bits per heavy atom. The summed E-state index contributed by atoms with van der Waals surface area (Å²) < 4.78 is 0. The van der Waals surface area contributed by atoms with Crippen molar-refractivity contribution >= 4 is 27.3 Å². The van der Waals surface area contributed by atoms with Gasteiger partial charge in [-0.2, -0.15) is 0 Å². The Kier molecular flexibility index (Phi) is 4.48. The Hall–Kier alpha value is 0.180. The third kappa shape index (κ3) is 3.10. The van der Waals surface area contributed by atoms with Crippen LogP contribution in [-0.4, -0.2) is 0 Å². The zero-order valence-electron chi connectivity index (χ0n) is 10.3. The average Bonchev–Trinajstić information content (AvgIpc) is 2.84. The molecule has 0 aliphatic heterocycles. The number of rotatable bonds is 4. The summed E-state index contributed by atoms with van der Waals surface area (Å²) >= 11 is 5.83. The molecule has 2 heteroatoms. The molecule has 16 heavy (non-hydrogen) atoms. The lowest BCUT2D eigenvalue weighted by Crippen LogP contribution is -1.96. The van der Waals surface area contributed by atoms with Crippen LogP contribution in [0, 0.1) is 19.8 Å². The SMILES string of the molecule is Cc1cc(C)c(C(Br)CCC2CCCC2)s1. The summed E-state index contributed by atoms with van der Waals surface area (Å²) in [5, 5.41) is 0. The lowest BCUT2D eigenvalue weighted by atomic mass is 10.00. The van der Waals surface area contributed by atoms with Gasteiger partial charge in [0.15, 0.2) is 0 Å². The van der Waals surface area contributed by atoms with E-state index in [0.717, 1.165) is 5.92 Å². The van der Waals surface area contributed by atoms with Crippen molar-refractivity contribution in [3.05, 3.63) is 21.4 Å². The molecule has 1 aliphatic rings. The first-order valence-corrected chi connectivity index (χ1v) is 8.11. The van der Waals surface area contributed by atoms with Gasteiger partial charge < -0.3 is 0 Å². The van der Waals surface area contributed by atoms with Crippen LogP contribution in [0.4, 0.5) is 0 Å². The summed E-state index contributed by atoms with van der Waals surface area (Å²) in [5.74, 6) is 1.02. The Bertz CT molecular complexity index is 337. The van der Waals surface area contributed by atoms with Crippen LogP contribution in [0.5, 0.6) is 0 Å². The summed E-state index contributed by atoms with van der Waals surface area (Å²) in [6, 6.07) is 2.31. The molecular formula is C14H21BrS. The van der Waals surface area contributed by atoms with E-state index in [9.17, 15) is 0 Å².